The Bertz CT molecular complexity index is 4150. The minimum Gasteiger partial charge on any atom is -0.349 e. The Balaban J connectivity index is 0.000000103. The van der Waals surface area contributed by atoms with Crippen molar-refractivity contribution >= 4 is 113 Å². The van der Waals surface area contributed by atoms with Crippen LogP contribution in [0.1, 0.15) is 120 Å². The molecule has 1 saturated heterocycles. The lowest BCUT2D eigenvalue weighted by atomic mass is 10.0. The van der Waals surface area contributed by atoms with Crippen molar-refractivity contribution in [3.63, 3.8) is 0 Å². The van der Waals surface area contributed by atoms with E-state index in [1.54, 1.807) is 0 Å². The van der Waals surface area contributed by atoms with Crippen LogP contribution in [-0.2, 0) is 24.1 Å². The van der Waals surface area contributed by atoms with Crippen molar-refractivity contribution < 1.29 is 4.79 Å². The largest absolute Gasteiger partial charge is 0.349 e. The summed E-state index contributed by atoms with van der Waals surface area (Å²) in [6.45, 7) is 0. The summed E-state index contributed by atoms with van der Waals surface area (Å²) < 4.78 is 7.99. The van der Waals surface area contributed by atoms with Crippen LogP contribution in [0, 0.1) is 0 Å². The number of aromatic nitrogens is 6. The summed E-state index contributed by atoms with van der Waals surface area (Å²) in [6, 6.07) is 77.6. The lowest BCUT2D eigenvalue weighted by Crippen LogP contribution is -2.17. The first kappa shape index (κ1) is 59.9. The Hall–Kier alpha value is -8.03. The van der Waals surface area contributed by atoms with Gasteiger partial charge in [0, 0.05) is 56.7 Å². The van der Waals surface area contributed by atoms with Crippen LogP contribution in [0.5, 0.6) is 0 Å². The molecule has 5 aliphatic heterocycles. The molecule has 0 aliphatic carbocycles. The molecule has 89 heavy (non-hydrogen) atoms. The van der Waals surface area contributed by atoms with Crippen molar-refractivity contribution in [1.29, 1.82) is 0 Å². The maximum atomic E-state index is 10.9. The summed E-state index contributed by atoms with van der Waals surface area (Å²) in [6.07, 6.45) is 10.1. The van der Waals surface area contributed by atoms with E-state index in [9.17, 15) is 4.79 Å². The number of benzene rings is 9. The molecule has 3 unspecified atom stereocenters. The van der Waals surface area contributed by atoms with Crippen LogP contribution in [0.3, 0.4) is 0 Å². The van der Waals surface area contributed by atoms with Crippen molar-refractivity contribution in [1.82, 2.24) is 34.0 Å². The predicted octanol–water partition coefficient (Wildman–Crippen LogP) is 19.8. The van der Waals surface area contributed by atoms with Gasteiger partial charge in [0.1, 0.15) is 23.3 Å². The molecule has 17 rings (SSSR count). The first-order valence-corrected chi connectivity index (χ1v) is 32.7. The molecule has 0 spiro atoms. The van der Waals surface area contributed by atoms with E-state index in [0.717, 1.165) is 127 Å². The summed E-state index contributed by atoms with van der Waals surface area (Å²) in [4.78, 5) is 29.8. The number of amides is 1. The van der Waals surface area contributed by atoms with E-state index in [2.05, 4.69) is 168 Å². The van der Waals surface area contributed by atoms with Gasteiger partial charge in [0.15, 0.2) is 0 Å². The van der Waals surface area contributed by atoms with E-state index in [1.165, 1.54) is 45.3 Å². The van der Waals surface area contributed by atoms with Gasteiger partial charge in [0.2, 0.25) is 5.91 Å². The Labute approximate surface area is 546 Å². The maximum Gasteiger partial charge on any atom is 0.220 e. The van der Waals surface area contributed by atoms with Crippen LogP contribution in [0.2, 0.25) is 20.1 Å². The third-order valence-corrected chi connectivity index (χ3v) is 18.7. The minimum absolute atomic E-state index is 0.170. The molecule has 5 atom stereocenters. The second-order valence-electron chi connectivity index (χ2n) is 22.8. The highest BCUT2D eigenvalue weighted by molar-refractivity contribution is 9.10. The summed E-state index contributed by atoms with van der Waals surface area (Å²) >= 11 is 27.9. The first-order chi connectivity index (χ1) is 43.6. The molecule has 12 aromatic rings. The molecule has 10 nitrogen and oxygen atoms in total. The maximum absolute atomic E-state index is 10.9. The van der Waals surface area contributed by atoms with E-state index in [1.807, 2.05) is 97.1 Å². The molecule has 0 saturated carbocycles. The number of rotatable bonds is 6. The number of imidazole rings is 3. The standard InChI is InChI=1S/C16H14BrClN2.3C16H13ClN2.C10H11NO/c17-13-10-12(18)6-7-15(13)20-16-9-8-14(19-16)11-4-2-1-3-5-11;3*17-12-6-7-13-15(10-12)19-14(8-9-16(19)18-13)11-4-2-1-3-5-11;12-10-7-6-9(11-10)8-4-2-1-3-5-8/h1-7,10,14H,8-9H2,(H,19,20);3*1-7,10,14H,8-9H2;1-5,9H,6-7H2,(H,11,12)/t;2*14-;;/m.10../s1. The minimum atomic E-state index is 0.170. The molecule has 0 radical (unpaired) electrons. The zero-order chi connectivity index (χ0) is 60.8. The molecular formula is C74H64BrCl4N9O. The highest BCUT2D eigenvalue weighted by Crippen LogP contribution is 2.40. The fourth-order valence-corrected chi connectivity index (χ4v) is 14.3. The molecule has 9 aromatic carbocycles. The van der Waals surface area contributed by atoms with Gasteiger partial charge < -0.3 is 24.3 Å². The number of aryl methyl sites for hydroxylation is 3. The summed E-state index contributed by atoms with van der Waals surface area (Å²) in [7, 11) is 0. The second kappa shape index (κ2) is 27.4. The van der Waals surface area contributed by atoms with Crippen molar-refractivity contribution in [2.24, 2.45) is 4.99 Å². The van der Waals surface area contributed by atoms with Crippen molar-refractivity contribution in [2.45, 2.75) is 94.4 Å². The number of anilines is 1. The van der Waals surface area contributed by atoms with E-state index >= 15 is 0 Å². The third-order valence-electron chi connectivity index (χ3n) is 17.1. The van der Waals surface area contributed by atoms with Gasteiger partial charge in [-0.25, -0.2) is 15.0 Å². The fraction of sp³-hybridized carbons (Fsp3) is 0.203. The third kappa shape index (κ3) is 13.6. The monoisotopic (exact) mass is 1310 g/mol. The van der Waals surface area contributed by atoms with Crippen LogP contribution in [0.25, 0.3) is 33.1 Å². The number of nitrogens with zero attached hydrogens (tertiary/aromatic N) is 7. The average Bonchev–Trinajstić information content (AvgIpc) is 2.40. The molecule has 1 fully saturated rings. The molecule has 8 heterocycles. The van der Waals surface area contributed by atoms with Gasteiger partial charge in [-0.05, 0) is 149 Å². The van der Waals surface area contributed by atoms with Crippen LogP contribution >= 0.6 is 62.3 Å². The molecule has 5 aliphatic rings. The van der Waals surface area contributed by atoms with E-state index in [4.69, 9.17) is 66.3 Å². The number of fused-ring (bicyclic) bond motifs is 9. The Morgan fingerprint density at radius 1 is 0.404 bits per heavy atom. The summed E-state index contributed by atoms with van der Waals surface area (Å²) in [5.41, 5.74) is 14.1. The number of hydrogen-bond donors (Lipinski definition) is 2. The van der Waals surface area contributed by atoms with Gasteiger partial charge >= 0.3 is 0 Å². The number of nitrogens with one attached hydrogen (secondary N) is 2. The smallest absolute Gasteiger partial charge is 0.220 e. The number of carbonyl (C=O) groups is 1. The predicted molar refractivity (Wildman–Crippen MR) is 368 cm³/mol. The molecular weight excluding hydrogens is 1250 g/mol. The van der Waals surface area contributed by atoms with Gasteiger partial charge in [0.25, 0.3) is 0 Å². The fourth-order valence-electron chi connectivity index (χ4n) is 13.0. The van der Waals surface area contributed by atoms with E-state index in [0.29, 0.717) is 24.5 Å². The average molecular weight is 1320 g/mol. The lowest BCUT2D eigenvalue weighted by Gasteiger charge is -2.14. The van der Waals surface area contributed by atoms with Gasteiger partial charge in [-0.2, -0.15) is 0 Å². The van der Waals surface area contributed by atoms with Crippen LogP contribution < -0.4 is 10.6 Å². The van der Waals surface area contributed by atoms with Gasteiger partial charge in [-0.3, -0.25) is 9.79 Å². The number of carbonyl (C=O) groups excluding carboxylic acids is 1. The van der Waals surface area contributed by atoms with Crippen molar-refractivity contribution in [2.75, 3.05) is 5.32 Å². The zero-order valence-corrected chi connectivity index (χ0v) is 53.4. The number of amidine groups is 1. The molecule has 2 N–H and O–H groups in total. The Kier molecular flexibility index (Phi) is 18.4. The highest BCUT2D eigenvalue weighted by atomic mass is 79.9. The van der Waals surface area contributed by atoms with Crippen molar-refractivity contribution in [3.05, 3.63) is 294 Å². The number of halogens is 5. The van der Waals surface area contributed by atoms with Crippen LogP contribution in [0.15, 0.2) is 234 Å². The molecule has 446 valence electrons. The van der Waals surface area contributed by atoms with Crippen molar-refractivity contribution in [3.8, 4) is 0 Å². The summed E-state index contributed by atoms with van der Waals surface area (Å²) in [5, 5.41) is 9.35. The first-order valence-electron chi connectivity index (χ1n) is 30.4. The second-order valence-corrected chi connectivity index (χ2v) is 25.4. The Morgan fingerprint density at radius 2 is 0.775 bits per heavy atom. The van der Waals surface area contributed by atoms with Crippen LogP contribution in [0.4, 0.5) is 5.69 Å². The molecule has 15 heteroatoms. The quantitative estimate of drug-likeness (QED) is 0.172. The van der Waals surface area contributed by atoms with Gasteiger partial charge in [-0.1, -0.05) is 198 Å². The number of aliphatic imine (C=N–C) groups is 1. The molecule has 1 amide bonds. The van der Waals surface area contributed by atoms with Crippen LogP contribution in [-0.4, -0.2) is 40.4 Å². The normalized spacial score (nSPS) is 18.5. The topological polar surface area (TPSA) is 107 Å². The zero-order valence-electron chi connectivity index (χ0n) is 48.7. The molecule has 0 bridgehead atoms. The molecule has 3 aromatic heterocycles. The van der Waals surface area contributed by atoms with E-state index in [-0.39, 0.29) is 18.0 Å². The SMILES string of the molecule is Clc1ccc(NC2=NC(c3ccccc3)CC2)c(Br)c1.Clc1ccc2nc3n(c2c1)C(c1ccccc1)CC3.Clc1ccc2nc3n(c2c1)[C@@H](c1ccccc1)CC3.Clc1ccc2nc3n(c2c1)[C@H](c1ccccc1)CC3.O=C1CCC(c2ccccc2)N1. The van der Waals surface area contributed by atoms with E-state index < -0.39 is 0 Å². The lowest BCUT2D eigenvalue weighted by molar-refractivity contribution is -0.119. The van der Waals surface area contributed by atoms with Gasteiger partial charge in [0.05, 0.1) is 69.0 Å². The number of hydrogen-bond acceptors (Lipinski definition) is 6. The van der Waals surface area contributed by atoms with Gasteiger partial charge in [-0.15, -0.1) is 0 Å². The Morgan fingerprint density at radius 3 is 1.16 bits per heavy atom. The summed E-state index contributed by atoms with van der Waals surface area (Å²) in [5.74, 6) is 4.72. The highest BCUT2D eigenvalue weighted by Gasteiger charge is 2.30.